The van der Waals surface area contributed by atoms with Crippen molar-refractivity contribution in [1.29, 1.82) is 0 Å². The predicted molar refractivity (Wildman–Crippen MR) is 105 cm³/mol. The topological polar surface area (TPSA) is 92.7 Å². The molecule has 2 rings (SSSR count). The highest BCUT2D eigenvalue weighted by Gasteiger charge is 2.28. The predicted octanol–water partition coefficient (Wildman–Crippen LogP) is 3.52. The lowest BCUT2D eigenvalue weighted by molar-refractivity contribution is -0.158. The average Bonchev–Trinajstić information content (AvgIpc) is 2.63. The van der Waals surface area contributed by atoms with E-state index in [4.69, 9.17) is 4.74 Å². The van der Waals surface area contributed by atoms with Crippen molar-refractivity contribution < 1.29 is 24.2 Å². The summed E-state index contributed by atoms with van der Waals surface area (Å²) in [5.41, 5.74) is 0.673. The number of nitrogens with one attached hydrogen (secondary N) is 1. The first-order chi connectivity index (χ1) is 13.2. The molecule has 0 heterocycles. The van der Waals surface area contributed by atoms with Crippen molar-refractivity contribution in [3.8, 4) is 0 Å². The molecule has 0 bridgehead atoms. The molecule has 2 aromatic rings. The molecule has 0 aliphatic heterocycles. The van der Waals surface area contributed by atoms with Gasteiger partial charge in [-0.25, -0.2) is 9.59 Å². The summed E-state index contributed by atoms with van der Waals surface area (Å²) in [6.45, 7) is 5.28. The molecule has 0 saturated carbocycles. The number of benzene rings is 2. The quantitative estimate of drug-likeness (QED) is 0.714. The van der Waals surface area contributed by atoms with Crippen LogP contribution in [0.5, 0.6) is 0 Å². The van der Waals surface area contributed by atoms with Crippen LogP contribution >= 0.6 is 0 Å². The minimum atomic E-state index is -1.04. The molecule has 0 aliphatic carbocycles. The lowest BCUT2D eigenvalue weighted by Gasteiger charge is -2.25. The van der Waals surface area contributed by atoms with Gasteiger partial charge in [-0.3, -0.25) is 4.79 Å². The van der Waals surface area contributed by atoms with Crippen molar-refractivity contribution in [2.45, 2.75) is 45.3 Å². The number of aryl methyl sites for hydroxylation is 1. The minimum Gasteiger partial charge on any atom is -0.478 e. The number of aromatic carboxylic acids is 1. The van der Waals surface area contributed by atoms with Crippen LogP contribution in [-0.4, -0.2) is 28.6 Å². The monoisotopic (exact) mass is 383 g/mol. The third-order valence-electron chi connectivity index (χ3n) is 3.95. The Morgan fingerprint density at radius 3 is 2.21 bits per heavy atom. The molecule has 0 aromatic heterocycles. The highest BCUT2D eigenvalue weighted by Crippen LogP contribution is 2.19. The van der Waals surface area contributed by atoms with Crippen molar-refractivity contribution in [3.05, 3.63) is 71.3 Å². The molecule has 0 spiro atoms. The minimum absolute atomic E-state index is 0.0520. The van der Waals surface area contributed by atoms with Gasteiger partial charge in [-0.2, -0.15) is 0 Å². The van der Waals surface area contributed by atoms with E-state index in [9.17, 15) is 19.5 Å². The van der Waals surface area contributed by atoms with Gasteiger partial charge >= 0.3 is 11.9 Å². The Labute approximate surface area is 164 Å². The molecule has 0 aliphatic rings. The van der Waals surface area contributed by atoms with E-state index in [2.05, 4.69) is 5.32 Å². The summed E-state index contributed by atoms with van der Waals surface area (Å²) in [4.78, 5) is 36.4. The first-order valence-electron chi connectivity index (χ1n) is 9.06. The van der Waals surface area contributed by atoms with Crippen LogP contribution in [0.25, 0.3) is 0 Å². The number of hydrogen-bond donors (Lipinski definition) is 2. The van der Waals surface area contributed by atoms with Crippen molar-refractivity contribution in [3.63, 3.8) is 0 Å². The van der Waals surface area contributed by atoms with Gasteiger partial charge in [0.25, 0.3) is 0 Å². The van der Waals surface area contributed by atoms with Gasteiger partial charge in [0, 0.05) is 6.42 Å². The average molecular weight is 383 g/mol. The second-order valence-electron chi connectivity index (χ2n) is 7.41. The fourth-order valence-corrected chi connectivity index (χ4v) is 2.71. The fraction of sp³-hybridized carbons (Fsp3) is 0.318. The second kappa shape index (κ2) is 9.17. The van der Waals surface area contributed by atoms with Gasteiger partial charge in [-0.1, -0.05) is 48.5 Å². The zero-order chi connectivity index (χ0) is 20.7. The number of ether oxygens (including phenoxy) is 1. The van der Waals surface area contributed by atoms with E-state index in [1.54, 1.807) is 63.2 Å². The lowest BCUT2D eigenvalue weighted by atomic mass is 10.0. The van der Waals surface area contributed by atoms with Crippen LogP contribution in [0, 0.1) is 0 Å². The van der Waals surface area contributed by atoms with Gasteiger partial charge in [0.1, 0.15) is 5.60 Å². The summed E-state index contributed by atoms with van der Waals surface area (Å²) >= 11 is 0. The van der Waals surface area contributed by atoms with E-state index < -0.39 is 23.6 Å². The van der Waals surface area contributed by atoms with Crippen LogP contribution in [0.15, 0.2) is 54.6 Å². The standard InChI is InChI=1S/C22H25NO5/c1-22(2,3)28-21(27)19(16-10-5-4-6-11-16)23-18(24)14-13-15-9-7-8-12-17(15)20(25)26/h4-12,19H,13-14H2,1-3H3,(H,23,24)(H,25,26)/t19-/m0/s1. The molecule has 0 saturated heterocycles. The van der Waals surface area contributed by atoms with E-state index in [0.29, 0.717) is 11.1 Å². The summed E-state index contributed by atoms with van der Waals surface area (Å²) in [5.74, 6) is -1.94. The summed E-state index contributed by atoms with van der Waals surface area (Å²) in [7, 11) is 0. The molecule has 6 nitrogen and oxygen atoms in total. The van der Waals surface area contributed by atoms with E-state index in [0.717, 1.165) is 0 Å². The number of amides is 1. The van der Waals surface area contributed by atoms with E-state index in [-0.39, 0.29) is 24.3 Å². The van der Waals surface area contributed by atoms with Crippen LogP contribution in [0.2, 0.25) is 0 Å². The molecule has 2 N–H and O–H groups in total. The molecule has 148 valence electrons. The number of hydrogen-bond acceptors (Lipinski definition) is 4. The Morgan fingerprint density at radius 2 is 1.61 bits per heavy atom. The van der Waals surface area contributed by atoms with Crippen LogP contribution in [-0.2, 0) is 20.7 Å². The Kier molecular flexibility index (Phi) is 6.93. The van der Waals surface area contributed by atoms with Crippen LogP contribution in [0.3, 0.4) is 0 Å². The van der Waals surface area contributed by atoms with E-state index in [1.165, 1.54) is 6.07 Å². The molecule has 28 heavy (non-hydrogen) atoms. The summed E-state index contributed by atoms with van der Waals surface area (Å²) in [5, 5.41) is 12.0. The highest BCUT2D eigenvalue weighted by atomic mass is 16.6. The third kappa shape index (κ3) is 6.23. The van der Waals surface area contributed by atoms with Crippen molar-refractivity contribution in [1.82, 2.24) is 5.32 Å². The van der Waals surface area contributed by atoms with Gasteiger partial charge in [-0.15, -0.1) is 0 Å². The zero-order valence-electron chi connectivity index (χ0n) is 16.3. The largest absolute Gasteiger partial charge is 0.478 e. The Hall–Kier alpha value is -3.15. The fourth-order valence-electron chi connectivity index (χ4n) is 2.71. The molecule has 1 atom stereocenters. The van der Waals surface area contributed by atoms with Crippen molar-refractivity contribution >= 4 is 17.8 Å². The second-order valence-corrected chi connectivity index (χ2v) is 7.41. The molecule has 0 fully saturated rings. The number of rotatable bonds is 7. The van der Waals surface area contributed by atoms with Crippen LogP contribution in [0.1, 0.15) is 54.7 Å². The number of carbonyl (C=O) groups excluding carboxylic acids is 2. The molecule has 0 unspecified atom stereocenters. The van der Waals surface area contributed by atoms with Crippen LogP contribution in [0.4, 0.5) is 0 Å². The molecule has 0 radical (unpaired) electrons. The lowest BCUT2D eigenvalue weighted by Crippen LogP contribution is -2.38. The number of carboxylic acid groups (broad SMARTS) is 1. The molecule has 1 amide bonds. The van der Waals surface area contributed by atoms with Crippen molar-refractivity contribution in [2.75, 3.05) is 0 Å². The third-order valence-corrected chi connectivity index (χ3v) is 3.95. The van der Waals surface area contributed by atoms with Gasteiger partial charge < -0.3 is 15.2 Å². The normalized spacial score (nSPS) is 12.1. The Morgan fingerprint density at radius 1 is 1.00 bits per heavy atom. The van der Waals surface area contributed by atoms with Crippen molar-refractivity contribution in [2.24, 2.45) is 0 Å². The van der Waals surface area contributed by atoms with E-state index in [1.807, 2.05) is 6.07 Å². The first kappa shape index (κ1) is 21.2. The van der Waals surface area contributed by atoms with Gasteiger partial charge in [-0.05, 0) is 44.4 Å². The molecule has 2 aromatic carbocycles. The smallest absolute Gasteiger partial charge is 0.335 e. The summed E-state index contributed by atoms with van der Waals surface area (Å²) < 4.78 is 5.44. The summed E-state index contributed by atoms with van der Waals surface area (Å²) in [6.07, 6.45) is 0.306. The van der Waals surface area contributed by atoms with Gasteiger partial charge in [0.05, 0.1) is 5.56 Å². The molecular formula is C22H25NO5. The Bertz CT molecular complexity index is 840. The summed E-state index contributed by atoms with van der Waals surface area (Å²) in [6, 6.07) is 14.5. The van der Waals surface area contributed by atoms with Gasteiger partial charge in [0.2, 0.25) is 5.91 Å². The molecular weight excluding hydrogens is 358 g/mol. The number of carboxylic acids is 1. The number of carbonyl (C=O) groups is 3. The van der Waals surface area contributed by atoms with Gasteiger partial charge in [0.15, 0.2) is 6.04 Å². The molecule has 6 heteroatoms. The van der Waals surface area contributed by atoms with E-state index >= 15 is 0 Å². The zero-order valence-corrected chi connectivity index (χ0v) is 16.3. The van der Waals surface area contributed by atoms with Crippen LogP contribution < -0.4 is 5.32 Å². The SMILES string of the molecule is CC(C)(C)OC(=O)[C@@H](NC(=O)CCc1ccccc1C(=O)O)c1ccccc1. The number of esters is 1. The maximum atomic E-state index is 12.6. The maximum absolute atomic E-state index is 12.6. The maximum Gasteiger partial charge on any atom is 0.335 e. The first-order valence-corrected chi connectivity index (χ1v) is 9.06. The Balaban J connectivity index is 2.10. The highest BCUT2D eigenvalue weighted by molar-refractivity contribution is 5.90.